The summed E-state index contributed by atoms with van der Waals surface area (Å²) in [6.07, 6.45) is 1.56. The van der Waals surface area contributed by atoms with E-state index in [1.165, 1.54) is 0 Å². The second kappa shape index (κ2) is 5.89. The fourth-order valence-electron chi connectivity index (χ4n) is 3.86. The lowest BCUT2D eigenvalue weighted by atomic mass is 9.98. The number of hydrogen-bond acceptors (Lipinski definition) is 5. The summed E-state index contributed by atoms with van der Waals surface area (Å²) in [7, 11) is -3.49. The summed E-state index contributed by atoms with van der Waals surface area (Å²) in [6, 6.07) is 11.0. The van der Waals surface area contributed by atoms with Crippen molar-refractivity contribution in [1.29, 1.82) is 0 Å². The summed E-state index contributed by atoms with van der Waals surface area (Å²) in [5, 5.41) is 0. The molecule has 3 heterocycles. The van der Waals surface area contributed by atoms with E-state index in [4.69, 9.17) is 14.2 Å². The Hall–Kier alpha value is -2.25. The summed E-state index contributed by atoms with van der Waals surface area (Å²) in [4.78, 5) is 0.355. The van der Waals surface area contributed by atoms with Gasteiger partial charge in [0.25, 0.3) is 0 Å². The molecule has 1 saturated heterocycles. The molecule has 2 aromatic rings. The standard InChI is InChI=1S/C19H19NO5S/c21-26(22,16-2-4-17-14(9-16)6-8-23-17)20-7-5-15(11-20)13-1-3-18-19(10-13)25-12-24-18/h1-4,9-10,15H,5-8,11-12H2. The van der Waals surface area contributed by atoms with Crippen LogP contribution < -0.4 is 14.2 Å². The zero-order valence-electron chi connectivity index (χ0n) is 14.2. The second-order valence-corrected chi connectivity index (χ2v) is 8.77. The number of hydrogen-bond donors (Lipinski definition) is 0. The van der Waals surface area contributed by atoms with Gasteiger partial charge in [0.15, 0.2) is 11.5 Å². The van der Waals surface area contributed by atoms with Gasteiger partial charge >= 0.3 is 0 Å². The molecular weight excluding hydrogens is 354 g/mol. The van der Waals surface area contributed by atoms with Gasteiger partial charge in [-0.2, -0.15) is 4.31 Å². The van der Waals surface area contributed by atoms with E-state index in [0.717, 1.165) is 41.2 Å². The minimum atomic E-state index is -3.49. The maximum Gasteiger partial charge on any atom is 0.243 e. The van der Waals surface area contributed by atoms with Gasteiger partial charge in [0.2, 0.25) is 16.8 Å². The van der Waals surface area contributed by atoms with Crippen LogP contribution in [0.25, 0.3) is 0 Å². The molecule has 3 aliphatic heterocycles. The van der Waals surface area contributed by atoms with Crippen LogP contribution in [0.1, 0.15) is 23.5 Å². The van der Waals surface area contributed by atoms with Crippen LogP contribution in [0.15, 0.2) is 41.3 Å². The summed E-state index contributed by atoms with van der Waals surface area (Å²) in [5.41, 5.74) is 2.06. The first-order chi connectivity index (χ1) is 12.6. The minimum Gasteiger partial charge on any atom is -0.493 e. The highest BCUT2D eigenvalue weighted by molar-refractivity contribution is 7.89. The van der Waals surface area contributed by atoms with Crippen LogP contribution in [-0.2, 0) is 16.4 Å². The predicted molar refractivity (Wildman–Crippen MR) is 94.3 cm³/mol. The highest BCUT2D eigenvalue weighted by Gasteiger charge is 2.34. The van der Waals surface area contributed by atoms with Crippen LogP contribution in [0.4, 0.5) is 0 Å². The SMILES string of the molecule is O=S(=O)(c1ccc2c(c1)CCO2)N1CCC(c2ccc3c(c2)OCO3)C1. The van der Waals surface area contributed by atoms with E-state index in [0.29, 0.717) is 24.6 Å². The second-order valence-electron chi connectivity index (χ2n) is 6.83. The van der Waals surface area contributed by atoms with Gasteiger partial charge in [-0.05, 0) is 53.8 Å². The van der Waals surface area contributed by atoms with E-state index in [1.807, 2.05) is 18.2 Å². The van der Waals surface area contributed by atoms with Crippen LogP contribution in [0.3, 0.4) is 0 Å². The van der Waals surface area contributed by atoms with Crippen LogP contribution in [0.2, 0.25) is 0 Å². The molecule has 26 heavy (non-hydrogen) atoms. The molecule has 0 aromatic heterocycles. The third-order valence-corrected chi connectivity index (χ3v) is 7.18. The normalized spacial score (nSPS) is 21.6. The third-order valence-electron chi connectivity index (χ3n) is 5.32. The largest absolute Gasteiger partial charge is 0.493 e. The zero-order chi connectivity index (χ0) is 17.7. The van der Waals surface area contributed by atoms with Gasteiger partial charge < -0.3 is 14.2 Å². The molecule has 0 amide bonds. The molecule has 1 unspecified atom stereocenters. The Bertz CT molecular complexity index is 972. The first-order valence-corrected chi connectivity index (χ1v) is 10.2. The first-order valence-electron chi connectivity index (χ1n) is 8.77. The molecule has 3 aliphatic rings. The molecule has 1 atom stereocenters. The Morgan fingerprint density at radius 3 is 2.73 bits per heavy atom. The lowest BCUT2D eigenvalue weighted by molar-refractivity contribution is 0.174. The van der Waals surface area contributed by atoms with Crippen molar-refractivity contribution >= 4 is 10.0 Å². The van der Waals surface area contributed by atoms with Gasteiger partial charge in [0, 0.05) is 19.5 Å². The van der Waals surface area contributed by atoms with E-state index in [9.17, 15) is 8.42 Å². The number of nitrogens with zero attached hydrogens (tertiary/aromatic N) is 1. The van der Waals surface area contributed by atoms with Crippen molar-refractivity contribution in [2.24, 2.45) is 0 Å². The van der Waals surface area contributed by atoms with Crippen molar-refractivity contribution in [1.82, 2.24) is 4.31 Å². The average Bonchev–Trinajstić information content (AvgIpc) is 3.39. The molecule has 0 radical (unpaired) electrons. The number of rotatable bonds is 3. The van der Waals surface area contributed by atoms with Gasteiger partial charge in [-0.15, -0.1) is 0 Å². The molecule has 5 rings (SSSR count). The lowest BCUT2D eigenvalue weighted by Gasteiger charge is -2.17. The molecule has 2 aromatic carbocycles. The van der Waals surface area contributed by atoms with Crippen LogP contribution in [0.5, 0.6) is 17.2 Å². The lowest BCUT2D eigenvalue weighted by Crippen LogP contribution is -2.28. The van der Waals surface area contributed by atoms with E-state index < -0.39 is 10.0 Å². The third kappa shape index (κ3) is 2.54. The van der Waals surface area contributed by atoms with Crippen molar-refractivity contribution in [2.75, 3.05) is 26.5 Å². The maximum absolute atomic E-state index is 13.0. The van der Waals surface area contributed by atoms with E-state index >= 15 is 0 Å². The number of fused-ring (bicyclic) bond motifs is 2. The van der Waals surface area contributed by atoms with Gasteiger partial charge in [0.1, 0.15) is 5.75 Å². The summed E-state index contributed by atoms with van der Waals surface area (Å²) < 4.78 is 43.9. The Morgan fingerprint density at radius 2 is 1.81 bits per heavy atom. The molecular formula is C19H19NO5S. The Balaban J connectivity index is 1.38. The van der Waals surface area contributed by atoms with Crippen molar-refractivity contribution < 1.29 is 22.6 Å². The smallest absolute Gasteiger partial charge is 0.243 e. The molecule has 0 bridgehead atoms. The van der Waals surface area contributed by atoms with Gasteiger partial charge in [0.05, 0.1) is 11.5 Å². The molecule has 136 valence electrons. The zero-order valence-corrected chi connectivity index (χ0v) is 15.0. The Kier molecular flexibility index (Phi) is 3.62. The summed E-state index contributed by atoms with van der Waals surface area (Å²) >= 11 is 0. The molecule has 0 spiro atoms. The average molecular weight is 373 g/mol. The molecule has 1 fully saturated rings. The molecule has 0 aliphatic carbocycles. The van der Waals surface area contributed by atoms with Crippen molar-refractivity contribution in [3.05, 3.63) is 47.5 Å². The molecule has 0 saturated carbocycles. The number of sulfonamides is 1. The highest BCUT2D eigenvalue weighted by Crippen LogP contribution is 2.38. The highest BCUT2D eigenvalue weighted by atomic mass is 32.2. The van der Waals surface area contributed by atoms with E-state index in [2.05, 4.69) is 0 Å². The molecule has 7 heteroatoms. The number of benzene rings is 2. The molecule has 6 nitrogen and oxygen atoms in total. The van der Waals surface area contributed by atoms with Crippen molar-refractivity contribution in [3.8, 4) is 17.2 Å². The predicted octanol–water partition coefficient (Wildman–Crippen LogP) is 2.53. The monoisotopic (exact) mass is 373 g/mol. The van der Waals surface area contributed by atoms with E-state index in [-0.39, 0.29) is 12.7 Å². The summed E-state index contributed by atoms with van der Waals surface area (Å²) in [6.45, 7) is 1.87. The Morgan fingerprint density at radius 1 is 0.962 bits per heavy atom. The fourth-order valence-corrected chi connectivity index (χ4v) is 5.41. The van der Waals surface area contributed by atoms with Crippen molar-refractivity contribution in [2.45, 2.75) is 23.7 Å². The van der Waals surface area contributed by atoms with Crippen molar-refractivity contribution in [3.63, 3.8) is 0 Å². The van der Waals surface area contributed by atoms with Gasteiger partial charge in [-0.3, -0.25) is 0 Å². The van der Waals surface area contributed by atoms with Gasteiger partial charge in [-0.25, -0.2) is 8.42 Å². The van der Waals surface area contributed by atoms with Gasteiger partial charge in [-0.1, -0.05) is 6.07 Å². The Labute approximate surface area is 152 Å². The first kappa shape index (κ1) is 16.0. The minimum absolute atomic E-state index is 0.164. The van der Waals surface area contributed by atoms with Crippen LogP contribution in [0, 0.1) is 0 Å². The molecule has 0 N–H and O–H groups in total. The fraction of sp³-hybridized carbons (Fsp3) is 0.368. The maximum atomic E-state index is 13.0. The quantitative estimate of drug-likeness (QED) is 0.827. The topological polar surface area (TPSA) is 65.1 Å². The van der Waals surface area contributed by atoms with E-state index in [1.54, 1.807) is 22.5 Å². The number of ether oxygens (including phenoxy) is 3. The van der Waals surface area contributed by atoms with Crippen LogP contribution >= 0.6 is 0 Å². The summed E-state index contributed by atoms with van der Waals surface area (Å²) in [5.74, 6) is 2.44. The van der Waals surface area contributed by atoms with Crippen LogP contribution in [-0.4, -0.2) is 39.2 Å².